The molecule has 0 aliphatic carbocycles. The molecular weight excluding hydrogens is 186 g/mol. The number of rotatable bonds is 7. The van der Waals surface area contributed by atoms with Gasteiger partial charge in [-0.15, -0.1) is 0 Å². The van der Waals surface area contributed by atoms with E-state index in [1.807, 2.05) is 0 Å². The van der Waals surface area contributed by atoms with Crippen LogP contribution in [0.25, 0.3) is 0 Å². The van der Waals surface area contributed by atoms with Crippen LogP contribution in [0.4, 0.5) is 0 Å². The van der Waals surface area contributed by atoms with E-state index in [9.17, 15) is 0 Å². The highest BCUT2D eigenvalue weighted by Gasteiger charge is 2.12. The zero-order chi connectivity index (χ0) is 11.9. The van der Waals surface area contributed by atoms with Gasteiger partial charge < -0.3 is 10.1 Å². The van der Waals surface area contributed by atoms with E-state index >= 15 is 0 Å². The highest BCUT2D eigenvalue weighted by Crippen LogP contribution is 2.18. The van der Waals surface area contributed by atoms with Gasteiger partial charge in [0.25, 0.3) is 0 Å². The predicted molar refractivity (Wildman–Crippen MR) is 67.2 cm³/mol. The molecule has 0 amide bonds. The van der Waals surface area contributed by atoms with Crippen molar-refractivity contribution in [2.24, 2.45) is 5.41 Å². The van der Waals surface area contributed by atoms with Crippen molar-refractivity contribution in [1.29, 1.82) is 0 Å². The van der Waals surface area contributed by atoms with Gasteiger partial charge in [0.2, 0.25) is 0 Å². The maximum absolute atomic E-state index is 5.86. The number of hydrogen-bond donors (Lipinski definition) is 1. The van der Waals surface area contributed by atoms with Crippen LogP contribution in [0.2, 0.25) is 0 Å². The molecule has 1 atom stereocenters. The second kappa shape index (κ2) is 7.24. The maximum Gasteiger partial charge on any atom is 0.0696 e. The molecule has 0 heterocycles. The standard InChI is InChI=1S/C13H29NO/c1-7-12(10-14-11(2)3)15-9-8-13(4,5)6/h11-12,14H,7-10H2,1-6H3. The van der Waals surface area contributed by atoms with Gasteiger partial charge in [-0.25, -0.2) is 0 Å². The van der Waals surface area contributed by atoms with Crippen LogP contribution in [0.3, 0.4) is 0 Å². The molecule has 0 saturated heterocycles. The molecule has 0 aromatic rings. The number of nitrogens with one attached hydrogen (secondary N) is 1. The van der Waals surface area contributed by atoms with E-state index in [0.717, 1.165) is 26.0 Å². The van der Waals surface area contributed by atoms with Crippen molar-refractivity contribution in [2.45, 2.75) is 66.5 Å². The van der Waals surface area contributed by atoms with Gasteiger partial charge in [-0.3, -0.25) is 0 Å². The average molecular weight is 215 g/mol. The quantitative estimate of drug-likeness (QED) is 0.704. The van der Waals surface area contributed by atoms with Crippen LogP contribution in [-0.4, -0.2) is 25.3 Å². The maximum atomic E-state index is 5.86. The van der Waals surface area contributed by atoms with Gasteiger partial charge in [0.1, 0.15) is 0 Å². The summed E-state index contributed by atoms with van der Waals surface area (Å²) in [6, 6.07) is 0.547. The van der Waals surface area contributed by atoms with E-state index in [4.69, 9.17) is 4.74 Å². The van der Waals surface area contributed by atoms with Crippen molar-refractivity contribution in [3.05, 3.63) is 0 Å². The van der Waals surface area contributed by atoms with E-state index < -0.39 is 0 Å². The number of hydrogen-bond acceptors (Lipinski definition) is 2. The molecule has 0 saturated carbocycles. The second-order valence-corrected chi connectivity index (χ2v) is 5.77. The zero-order valence-electron chi connectivity index (χ0n) is 11.4. The third kappa shape index (κ3) is 10.2. The summed E-state index contributed by atoms with van der Waals surface area (Å²) in [5, 5.41) is 3.42. The Hall–Kier alpha value is -0.0800. The Kier molecular flexibility index (Phi) is 7.20. The molecular formula is C13H29NO. The van der Waals surface area contributed by atoms with Gasteiger partial charge in [0, 0.05) is 19.2 Å². The first kappa shape index (κ1) is 14.9. The molecule has 15 heavy (non-hydrogen) atoms. The Morgan fingerprint density at radius 1 is 1.20 bits per heavy atom. The average Bonchev–Trinajstić information content (AvgIpc) is 2.08. The molecule has 0 aliphatic rings. The molecule has 2 heteroatoms. The highest BCUT2D eigenvalue weighted by atomic mass is 16.5. The SMILES string of the molecule is CCC(CNC(C)C)OCCC(C)(C)C. The fraction of sp³-hybridized carbons (Fsp3) is 1.00. The molecule has 0 fully saturated rings. The van der Waals surface area contributed by atoms with Crippen molar-refractivity contribution < 1.29 is 4.74 Å². The normalized spacial score (nSPS) is 14.6. The van der Waals surface area contributed by atoms with Crippen molar-refractivity contribution in [1.82, 2.24) is 5.32 Å². The molecule has 2 nitrogen and oxygen atoms in total. The summed E-state index contributed by atoms with van der Waals surface area (Å²) >= 11 is 0. The fourth-order valence-electron chi connectivity index (χ4n) is 1.22. The summed E-state index contributed by atoms with van der Waals surface area (Å²) < 4.78 is 5.86. The fourth-order valence-corrected chi connectivity index (χ4v) is 1.22. The lowest BCUT2D eigenvalue weighted by Crippen LogP contribution is -2.33. The van der Waals surface area contributed by atoms with E-state index in [1.165, 1.54) is 0 Å². The Labute approximate surface area is 95.8 Å². The van der Waals surface area contributed by atoms with Crippen LogP contribution in [0, 0.1) is 5.41 Å². The largest absolute Gasteiger partial charge is 0.377 e. The van der Waals surface area contributed by atoms with Crippen LogP contribution in [0.5, 0.6) is 0 Å². The van der Waals surface area contributed by atoms with Gasteiger partial charge >= 0.3 is 0 Å². The first-order valence-corrected chi connectivity index (χ1v) is 6.20. The first-order chi connectivity index (χ1) is 6.85. The van der Waals surface area contributed by atoms with E-state index in [1.54, 1.807) is 0 Å². The van der Waals surface area contributed by atoms with Gasteiger partial charge in [-0.05, 0) is 18.3 Å². The minimum Gasteiger partial charge on any atom is -0.377 e. The zero-order valence-corrected chi connectivity index (χ0v) is 11.4. The van der Waals surface area contributed by atoms with Crippen LogP contribution in [0.1, 0.15) is 54.4 Å². The predicted octanol–water partition coefficient (Wildman–Crippen LogP) is 3.22. The van der Waals surface area contributed by atoms with Gasteiger partial charge in [0.15, 0.2) is 0 Å². The molecule has 1 N–H and O–H groups in total. The topological polar surface area (TPSA) is 21.3 Å². The Bertz CT molecular complexity index is 149. The van der Waals surface area contributed by atoms with Crippen LogP contribution >= 0.6 is 0 Å². The molecule has 0 aromatic carbocycles. The molecule has 1 unspecified atom stereocenters. The third-order valence-corrected chi connectivity index (χ3v) is 2.41. The summed E-state index contributed by atoms with van der Waals surface area (Å²) in [5.41, 5.74) is 0.379. The summed E-state index contributed by atoms with van der Waals surface area (Å²) in [6.07, 6.45) is 2.59. The summed E-state index contributed by atoms with van der Waals surface area (Å²) in [4.78, 5) is 0. The van der Waals surface area contributed by atoms with Gasteiger partial charge in [-0.2, -0.15) is 0 Å². The molecule has 92 valence electrons. The Morgan fingerprint density at radius 2 is 1.80 bits per heavy atom. The number of ether oxygens (including phenoxy) is 1. The van der Waals surface area contributed by atoms with Crippen LogP contribution in [0.15, 0.2) is 0 Å². The lowest BCUT2D eigenvalue weighted by atomic mass is 9.93. The van der Waals surface area contributed by atoms with Gasteiger partial charge in [0.05, 0.1) is 6.10 Å². The van der Waals surface area contributed by atoms with Gasteiger partial charge in [-0.1, -0.05) is 41.5 Å². The summed E-state index contributed by atoms with van der Waals surface area (Å²) in [5.74, 6) is 0. The smallest absolute Gasteiger partial charge is 0.0696 e. The highest BCUT2D eigenvalue weighted by molar-refractivity contribution is 4.64. The van der Waals surface area contributed by atoms with E-state index in [2.05, 4.69) is 46.9 Å². The summed E-state index contributed by atoms with van der Waals surface area (Å²) in [7, 11) is 0. The second-order valence-electron chi connectivity index (χ2n) is 5.77. The molecule has 0 rings (SSSR count). The Balaban J connectivity index is 3.62. The van der Waals surface area contributed by atoms with Crippen LogP contribution in [-0.2, 0) is 4.74 Å². The minimum absolute atomic E-state index is 0.370. The molecule has 0 spiro atoms. The Morgan fingerprint density at radius 3 is 2.20 bits per heavy atom. The monoisotopic (exact) mass is 215 g/mol. The van der Waals surface area contributed by atoms with Crippen molar-refractivity contribution in [3.8, 4) is 0 Å². The van der Waals surface area contributed by atoms with Crippen molar-refractivity contribution in [3.63, 3.8) is 0 Å². The van der Waals surface area contributed by atoms with Crippen molar-refractivity contribution in [2.75, 3.05) is 13.2 Å². The lowest BCUT2D eigenvalue weighted by molar-refractivity contribution is 0.0347. The minimum atomic E-state index is 0.370. The van der Waals surface area contributed by atoms with E-state index in [-0.39, 0.29) is 0 Å². The molecule has 0 aliphatic heterocycles. The van der Waals surface area contributed by atoms with Crippen molar-refractivity contribution >= 4 is 0 Å². The first-order valence-electron chi connectivity index (χ1n) is 6.20. The molecule has 0 bridgehead atoms. The van der Waals surface area contributed by atoms with E-state index in [0.29, 0.717) is 17.6 Å². The molecule has 0 radical (unpaired) electrons. The summed E-state index contributed by atoms with van der Waals surface area (Å²) in [6.45, 7) is 15.1. The molecule has 0 aromatic heterocycles. The third-order valence-electron chi connectivity index (χ3n) is 2.41. The van der Waals surface area contributed by atoms with Crippen LogP contribution < -0.4 is 5.32 Å². The lowest BCUT2D eigenvalue weighted by Gasteiger charge is -2.22.